The SMILES string of the molecule is COC(=O)C(Cc1cccc(C#N)c1)NC(=O)c1ccc(Br)cc1. The van der Waals surface area contributed by atoms with Gasteiger partial charge in [0.1, 0.15) is 6.04 Å². The second-order valence-electron chi connectivity index (χ2n) is 5.07. The number of rotatable bonds is 5. The number of esters is 1. The van der Waals surface area contributed by atoms with Gasteiger partial charge < -0.3 is 10.1 Å². The molecule has 2 rings (SSSR count). The number of methoxy groups -OCH3 is 1. The molecule has 0 aliphatic carbocycles. The number of ether oxygens (including phenoxy) is 1. The zero-order valence-corrected chi connectivity index (χ0v) is 14.5. The maximum absolute atomic E-state index is 12.3. The van der Waals surface area contributed by atoms with Crippen molar-refractivity contribution in [2.24, 2.45) is 0 Å². The molecule has 0 spiro atoms. The molecular formula is C18H15BrN2O3. The summed E-state index contributed by atoms with van der Waals surface area (Å²) in [5.41, 5.74) is 1.70. The van der Waals surface area contributed by atoms with Crippen molar-refractivity contribution >= 4 is 27.8 Å². The maximum Gasteiger partial charge on any atom is 0.328 e. The second kappa shape index (κ2) is 8.27. The van der Waals surface area contributed by atoms with Crippen LogP contribution in [0.1, 0.15) is 21.5 Å². The average Bonchev–Trinajstić information content (AvgIpc) is 2.61. The van der Waals surface area contributed by atoms with Crippen LogP contribution in [0.25, 0.3) is 0 Å². The van der Waals surface area contributed by atoms with Crippen LogP contribution in [0.15, 0.2) is 53.0 Å². The molecule has 0 aliphatic heterocycles. The van der Waals surface area contributed by atoms with Gasteiger partial charge in [-0.3, -0.25) is 4.79 Å². The van der Waals surface area contributed by atoms with Gasteiger partial charge in [-0.25, -0.2) is 4.79 Å². The molecule has 0 fully saturated rings. The van der Waals surface area contributed by atoms with Gasteiger partial charge in [-0.05, 0) is 42.0 Å². The number of hydrogen-bond donors (Lipinski definition) is 1. The summed E-state index contributed by atoms with van der Waals surface area (Å²) in [5.74, 6) is -0.905. The zero-order valence-electron chi connectivity index (χ0n) is 13.0. The highest BCUT2D eigenvalue weighted by atomic mass is 79.9. The van der Waals surface area contributed by atoms with Gasteiger partial charge in [-0.15, -0.1) is 0 Å². The van der Waals surface area contributed by atoms with Crippen molar-refractivity contribution in [2.75, 3.05) is 7.11 Å². The Balaban J connectivity index is 2.16. The third-order valence-corrected chi connectivity index (χ3v) is 3.92. The molecule has 0 bridgehead atoms. The van der Waals surface area contributed by atoms with E-state index in [-0.39, 0.29) is 12.3 Å². The molecule has 1 amide bonds. The molecule has 2 aromatic carbocycles. The molecule has 0 aromatic heterocycles. The van der Waals surface area contributed by atoms with Crippen LogP contribution < -0.4 is 5.32 Å². The first-order valence-electron chi connectivity index (χ1n) is 7.17. The van der Waals surface area contributed by atoms with E-state index in [1.165, 1.54) is 7.11 Å². The fraction of sp³-hybridized carbons (Fsp3) is 0.167. The lowest BCUT2D eigenvalue weighted by Crippen LogP contribution is -2.43. The Morgan fingerprint density at radius 1 is 1.25 bits per heavy atom. The maximum atomic E-state index is 12.3. The molecule has 1 atom stereocenters. The van der Waals surface area contributed by atoms with Crippen LogP contribution in [0.2, 0.25) is 0 Å². The normalized spacial score (nSPS) is 11.2. The van der Waals surface area contributed by atoms with Crippen molar-refractivity contribution < 1.29 is 14.3 Å². The van der Waals surface area contributed by atoms with Crippen LogP contribution in [0.3, 0.4) is 0 Å². The summed E-state index contributed by atoms with van der Waals surface area (Å²) in [6.45, 7) is 0. The Kier molecular flexibility index (Phi) is 6.10. The minimum absolute atomic E-state index is 0.241. The number of hydrogen-bond acceptors (Lipinski definition) is 4. The first-order chi connectivity index (χ1) is 11.5. The van der Waals surface area contributed by atoms with E-state index in [9.17, 15) is 9.59 Å². The number of halogens is 1. The standard InChI is InChI=1S/C18H15BrN2O3/c1-24-18(23)16(10-12-3-2-4-13(9-12)11-20)21-17(22)14-5-7-15(19)8-6-14/h2-9,16H,10H2,1H3,(H,21,22). The molecule has 0 saturated heterocycles. The number of nitrogens with one attached hydrogen (secondary N) is 1. The van der Waals surface area contributed by atoms with Gasteiger partial charge in [0, 0.05) is 16.5 Å². The topological polar surface area (TPSA) is 79.2 Å². The van der Waals surface area contributed by atoms with E-state index in [0.29, 0.717) is 11.1 Å². The van der Waals surface area contributed by atoms with Crippen LogP contribution >= 0.6 is 15.9 Å². The summed E-state index contributed by atoms with van der Waals surface area (Å²) < 4.78 is 5.63. The first-order valence-corrected chi connectivity index (χ1v) is 7.96. The first kappa shape index (κ1) is 17.7. The summed E-state index contributed by atoms with van der Waals surface area (Å²) in [5, 5.41) is 11.6. The molecule has 1 unspecified atom stereocenters. The Morgan fingerprint density at radius 2 is 1.96 bits per heavy atom. The van der Waals surface area contributed by atoms with Gasteiger partial charge in [-0.2, -0.15) is 5.26 Å². The summed E-state index contributed by atoms with van der Waals surface area (Å²) in [4.78, 5) is 24.3. The van der Waals surface area contributed by atoms with Crippen LogP contribution in [-0.4, -0.2) is 25.0 Å². The van der Waals surface area contributed by atoms with E-state index in [2.05, 4.69) is 21.2 Å². The Bertz CT molecular complexity index is 782. The number of carbonyl (C=O) groups excluding carboxylic acids is 2. The van der Waals surface area contributed by atoms with Crippen molar-refractivity contribution in [1.82, 2.24) is 5.32 Å². The van der Waals surface area contributed by atoms with E-state index < -0.39 is 12.0 Å². The molecule has 24 heavy (non-hydrogen) atoms. The van der Waals surface area contributed by atoms with Crippen molar-refractivity contribution in [1.29, 1.82) is 5.26 Å². The lowest BCUT2D eigenvalue weighted by Gasteiger charge is -2.17. The number of carbonyl (C=O) groups is 2. The van der Waals surface area contributed by atoms with Crippen molar-refractivity contribution in [3.8, 4) is 6.07 Å². The van der Waals surface area contributed by atoms with Crippen molar-refractivity contribution in [2.45, 2.75) is 12.5 Å². The largest absolute Gasteiger partial charge is 0.467 e. The summed E-state index contributed by atoms with van der Waals surface area (Å²) in [7, 11) is 1.27. The monoisotopic (exact) mass is 386 g/mol. The van der Waals surface area contributed by atoms with Gasteiger partial charge >= 0.3 is 5.97 Å². The second-order valence-corrected chi connectivity index (χ2v) is 5.99. The third kappa shape index (κ3) is 4.67. The van der Waals surface area contributed by atoms with E-state index >= 15 is 0 Å². The molecule has 1 N–H and O–H groups in total. The number of amides is 1. The Morgan fingerprint density at radius 3 is 2.58 bits per heavy atom. The quantitative estimate of drug-likeness (QED) is 0.801. The number of benzene rings is 2. The Hall–Kier alpha value is -2.65. The van der Waals surface area contributed by atoms with E-state index in [1.807, 2.05) is 6.07 Å². The summed E-state index contributed by atoms with van der Waals surface area (Å²) >= 11 is 3.31. The molecule has 0 heterocycles. The number of nitrogens with zero attached hydrogens (tertiary/aromatic N) is 1. The van der Waals surface area contributed by atoms with Gasteiger partial charge in [0.2, 0.25) is 0 Å². The molecule has 2 aromatic rings. The van der Waals surface area contributed by atoms with Gasteiger partial charge in [-0.1, -0.05) is 28.1 Å². The third-order valence-electron chi connectivity index (χ3n) is 3.39. The van der Waals surface area contributed by atoms with Crippen LogP contribution in [0, 0.1) is 11.3 Å². The summed E-state index contributed by atoms with van der Waals surface area (Å²) in [6, 6.07) is 14.9. The summed E-state index contributed by atoms with van der Waals surface area (Å²) in [6.07, 6.45) is 0.241. The van der Waals surface area contributed by atoms with E-state index in [1.54, 1.807) is 48.5 Å². The lowest BCUT2D eigenvalue weighted by atomic mass is 10.0. The molecule has 0 aliphatic rings. The molecular weight excluding hydrogens is 372 g/mol. The highest BCUT2D eigenvalue weighted by Gasteiger charge is 2.22. The van der Waals surface area contributed by atoms with Crippen LogP contribution in [0.4, 0.5) is 0 Å². The van der Waals surface area contributed by atoms with Gasteiger partial charge in [0.05, 0.1) is 18.7 Å². The van der Waals surface area contributed by atoms with Crippen LogP contribution in [-0.2, 0) is 16.0 Å². The average molecular weight is 387 g/mol. The zero-order chi connectivity index (χ0) is 17.5. The number of nitriles is 1. The minimum Gasteiger partial charge on any atom is -0.467 e. The predicted octanol–water partition coefficient (Wildman–Crippen LogP) is 2.83. The smallest absolute Gasteiger partial charge is 0.328 e. The van der Waals surface area contributed by atoms with E-state index in [0.717, 1.165) is 10.0 Å². The van der Waals surface area contributed by atoms with Crippen molar-refractivity contribution in [3.63, 3.8) is 0 Å². The molecule has 122 valence electrons. The minimum atomic E-state index is -0.833. The molecule has 6 heteroatoms. The highest BCUT2D eigenvalue weighted by molar-refractivity contribution is 9.10. The van der Waals surface area contributed by atoms with Crippen LogP contribution in [0.5, 0.6) is 0 Å². The molecule has 0 radical (unpaired) electrons. The predicted molar refractivity (Wildman–Crippen MR) is 92.3 cm³/mol. The van der Waals surface area contributed by atoms with E-state index in [4.69, 9.17) is 10.00 Å². The molecule has 5 nitrogen and oxygen atoms in total. The highest BCUT2D eigenvalue weighted by Crippen LogP contribution is 2.12. The van der Waals surface area contributed by atoms with Crippen molar-refractivity contribution in [3.05, 3.63) is 69.7 Å². The Labute approximate surface area is 148 Å². The van der Waals surface area contributed by atoms with Gasteiger partial charge in [0.15, 0.2) is 0 Å². The molecule has 0 saturated carbocycles. The fourth-order valence-corrected chi connectivity index (χ4v) is 2.45. The lowest BCUT2D eigenvalue weighted by molar-refractivity contribution is -0.142. The van der Waals surface area contributed by atoms with Gasteiger partial charge in [0.25, 0.3) is 5.91 Å². The fourth-order valence-electron chi connectivity index (χ4n) is 2.18.